The van der Waals surface area contributed by atoms with Gasteiger partial charge in [0.2, 0.25) is 0 Å². The van der Waals surface area contributed by atoms with Crippen molar-refractivity contribution < 1.29 is 0 Å². The summed E-state index contributed by atoms with van der Waals surface area (Å²) in [6, 6.07) is 26.6. The Hall–Kier alpha value is -2.63. The molecule has 4 rings (SSSR count). The quantitative estimate of drug-likeness (QED) is 0.243. The molecule has 0 amide bonds. The molecule has 160 valence electrons. The third kappa shape index (κ3) is 6.42. The Kier molecular flexibility index (Phi) is 8.14. The molecular weight excluding hydrogens is 400 g/mol. The number of hydrogen-bond acceptors (Lipinski definition) is 4. The summed E-state index contributed by atoms with van der Waals surface area (Å²) in [4.78, 5) is 14.5. The number of hydrogen-bond donors (Lipinski definition) is 0. The number of thioether (sulfide) groups is 1. The van der Waals surface area contributed by atoms with Gasteiger partial charge in [-0.25, -0.2) is 9.98 Å². The van der Waals surface area contributed by atoms with E-state index in [1.54, 1.807) is 0 Å². The zero-order valence-electron chi connectivity index (χ0n) is 17.9. The molecule has 31 heavy (non-hydrogen) atoms. The average molecular weight is 431 g/mol. The van der Waals surface area contributed by atoms with Crippen molar-refractivity contribution >= 4 is 34.1 Å². The van der Waals surface area contributed by atoms with Crippen LogP contribution in [-0.2, 0) is 0 Å². The number of benzene rings is 2. The van der Waals surface area contributed by atoms with Crippen molar-refractivity contribution in [1.29, 1.82) is 0 Å². The molecule has 3 aromatic rings. The number of piperidine rings is 1. The van der Waals surface area contributed by atoms with Gasteiger partial charge in [0.25, 0.3) is 0 Å². The Morgan fingerprint density at radius 2 is 1.58 bits per heavy atom. The Morgan fingerprint density at radius 1 is 0.871 bits per heavy atom. The predicted molar refractivity (Wildman–Crippen MR) is 134 cm³/mol. The summed E-state index contributed by atoms with van der Waals surface area (Å²) in [5.41, 5.74) is 2.03. The van der Waals surface area contributed by atoms with E-state index in [1.807, 2.05) is 60.4 Å². The second-order valence-corrected chi connectivity index (χ2v) is 8.76. The van der Waals surface area contributed by atoms with E-state index in [9.17, 15) is 0 Å². The molecule has 0 aliphatic carbocycles. The molecule has 0 N–H and O–H groups in total. The molecule has 5 heteroatoms. The summed E-state index contributed by atoms with van der Waals surface area (Å²) in [7, 11) is 0. The topological polar surface area (TPSA) is 31.7 Å². The highest BCUT2D eigenvalue weighted by Crippen LogP contribution is 2.29. The maximum atomic E-state index is 5.05. The van der Waals surface area contributed by atoms with Crippen molar-refractivity contribution in [2.75, 3.05) is 30.3 Å². The highest BCUT2D eigenvalue weighted by atomic mass is 32.2. The van der Waals surface area contributed by atoms with E-state index in [-0.39, 0.29) is 0 Å². The van der Waals surface area contributed by atoms with E-state index < -0.39 is 0 Å². The molecule has 2 heterocycles. The van der Waals surface area contributed by atoms with Crippen LogP contribution < -0.4 is 4.90 Å². The first kappa shape index (κ1) is 21.6. The number of pyridine rings is 1. The molecule has 4 nitrogen and oxygen atoms in total. The molecule has 0 saturated carbocycles. The third-order valence-electron chi connectivity index (χ3n) is 5.36. The fourth-order valence-electron chi connectivity index (χ4n) is 3.80. The zero-order chi connectivity index (χ0) is 21.1. The lowest BCUT2D eigenvalue weighted by Gasteiger charge is -2.27. The second kappa shape index (κ2) is 11.7. The Morgan fingerprint density at radius 3 is 2.29 bits per heavy atom. The van der Waals surface area contributed by atoms with E-state index >= 15 is 0 Å². The van der Waals surface area contributed by atoms with E-state index in [2.05, 4.69) is 51.2 Å². The first-order valence-electron chi connectivity index (χ1n) is 11.2. The van der Waals surface area contributed by atoms with Crippen LogP contribution in [0.1, 0.15) is 25.7 Å². The number of rotatable bonds is 7. The number of nitrogens with zero attached hydrogens (tertiary/aromatic N) is 4. The minimum atomic E-state index is 0.881. The Balaban J connectivity index is 1.57. The zero-order valence-corrected chi connectivity index (χ0v) is 18.8. The van der Waals surface area contributed by atoms with Crippen LogP contribution in [0.25, 0.3) is 0 Å². The highest BCUT2D eigenvalue weighted by Gasteiger charge is 2.18. The fraction of sp³-hybridized carbons (Fsp3) is 0.308. The minimum absolute atomic E-state index is 0.881. The number of likely N-dealkylation sites (tertiary alicyclic amines) is 1. The van der Waals surface area contributed by atoms with Crippen LogP contribution in [0.4, 0.5) is 17.2 Å². The monoisotopic (exact) mass is 430 g/mol. The van der Waals surface area contributed by atoms with Crippen molar-refractivity contribution in [2.45, 2.75) is 25.7 Å². The first-order chi connectivity index (χ1) is 15.4. The lowest BCUT2D eigenvalue weighted by molar-refractivity contribution is 0.230. The van der Waals surface area contributed by atoms with E-state index in [0.717, 1.165) is 34.5 Å². The number of amidine groups is 1. The van der Waals surface area contributed by atoms with Crippen LogP contribution in [0.15, 0.2) is 90.1 Å². The van der Waals surface area contributed by atoms with Gasteiger partial charge in [0.05, 0.1) is 5.69 Å². The second-order valence-electron chi connectivity index (χ2n) is 7.69. The molecule has 2 aromatic carbocycles. The normalized spacial score (nSPS) is 15.0. The third-order valence-corrected chi connectivity index (χ3v) is 6.39. The predicted octanol–water partition coefficient (Wildman–Crippen LogP) is 6.52. The van der Waals surface area contributed by atoms with Crippen LogP contribution in [-0.4, -0.2) is 40.4 Å². The van der Waals surface area contributed by atoms with E-state index in [4.69, 9.17) is 4.99 Å². The maximum Gasteiger partial charge on any atom is 0.174 e. The van der Waals surface area contributed by atoms with Gasteiger partial charge in [-0.2, -0.15) is 0 Å². The van der Waals surface area contributed by atoms with Crippen LogP contribution in [0.5, 0.6) is 0 Å². The van der Waals surface area contributed by atoms with Gasteiger partial charge in [0.15, 0.2) is 5.17 Å². The smallest absolute Gasteiger partial charge is 0.174 e. The number of anilines is 2. The lowest BCUT2D eigenvalue weighted by atomic mass is 10.1. The van der Waals surface area contributed by atoms with Crippen molar-refractivity contribution in [3.8, 4) is 0 Å². The number of aliphatic imine (C=N–C) groups is 1. The molecular formula is C26H30N4S. The van der Waals surface area contributed by atoms with Gasteiger partial charge in [-0.15, -0.1) is 0 Å². The summed E-state index contributed by atoms with van der Waals surface area (Å²) < 4.78 is 0. The Labute approximate surface area is 190 Å². The van der Waals surface area contributed by atoms with Gasteiger partial charge in [0, 0.05) is 17.6 Å². The fourth-order valence-corrected chi connectivity index (χ4v) is 4.75. The van der Waals surface area contributed by atoms with Crippen molar-refractivity contribution in [1.82, 2.24) is 9.88 Å². The van der Waals surface area contributed by atoms with Gasteiger partial charge in [-0.1, -0.05) is 60.6 Å². The van der Waals surface area contributed by atoms with Gasteiger partial charge in [-0.3, -0.25) is 4.90 Å². The molecule has 0 spiro atoms. The highest BCUT2D eigenvalue weighted by molar-refractivity contribution is 8.14. The lowest BCUT2D eigenvalue weighted by Crippen LogP contribution is -2.31. The molecule has 1 saturated heterocycles. The molecule has 1 fully saturated rings. The molecule has 0 radical (unpaired) electrons. The summed E-state index contributed by atoms with van der Waals surface area (Å²) in [6.07, 6.45) is 7.07. The van der Waals surface area contributed by atoms with Crippen molar-refractivity contribution in [2.24, 2.45) is 4.99 Å². The van der Waals surface area contributed by atoms with Crippen molar-refractivity contribution in [3.63, 3.8) is 0 Å². The van der Waals surface area contributed by atoms with E-state index in [0.29, 0.717) is 0 Å². The minimum Gasteiger partial charge on any atom is -0.303 e. The maximum absolute atomic E-state index is 5.05. The molecule has 0 unspecified atom stereocenters. The summed E-state index contributed by atoms with van der Waals surface area (Å²) in [6.45, 7) is 3.67. The Bertz CT molecular complexity index is 886. The summed E-state index contributed by atoms with van der Waals surface area (Å²) >= 11 is 1.81. The number of aromatic nitrogens is 1. The van der Waals surface area contributed by atoms with E-state index in [1.165, 1.54) is 38.9 Å². The molecule has 1 aliphatic rings. The number of para-hydroxylation sites is 2. The first-order valence-corrected chi connectivity index (χ1v) is 12.1. The SMILES string of the molecule is c1ccc(N=C(SCCCN2CCCCC2)N(c2ccccc2)c2ccccn2)cc1. The summed E-state index contributed by atoms with van der Waals surface area (Å²) in [5.74, 6) is 1.91. The molecule has 1 aromatic heterocycles. The van der Waals surface area contributed by atoms with Crippen LogP contribution in [0, 0.1) is 0 Å². The molecule has 0 atom stereocenters. The van der Waals surface area contributed by atoms with Crippen molar-refractivity contribution in [3.05, 3.63) is 85.1 Å². The summed E-state index contributed by atoms with van der Waals surface area (Å²) in [5, 5.41) is 0.953. The van der Waals surface area contributed by atoms with Crippen LogP contribution in [0.2, 0.25) is 0 Å². The van der Waals surface area contributed by atoms with Gasteiger partial charge < -0.3 is 4.90 Å². The largest absolute Gasteiger partial charge is 0.303 e. The standard InChI is InChI=1S/C26H30N4S/c1-4-13-23(14-5-1)28-26(31-22-12-21-29-19-10-3-11-20-29)30(24-15-6-2-7-16-24)25-17-8-9-18-27-25/h1-2,4-9,13-18H,3,10-12,19-22H2. The van der Waals surface area contributed by atoms with Crippen LogP contribution in [0.3, 0.4) is 0 Å². The average Bonchev–Trinajstić information content (AvgIpc) is 2.84. The van der Waals surface area contributed by atoms with Gasteiger partial charge >= 0.3 is 0 Å². The molecule has 0 bridgehead atoms. The van der Waals surface area contributed by atoms with Gasteiger partial charge in [-0.05, 0) is 75.3 Å². The van der Waals surface area contributed by atoms with Gasteiger partial charge in [0.1, 0.15) is 5.82 Å². The van der Waals surface area contributed by atoms with Crippen LogP contribution >= 0.6 is 11.8 Å². The molecule has 1 aliphatic heterocycles.